The Bertz CT molecular complexity index is 915. The van der Waals surface area contributed by atoms with E-state index in [0.717, 1.165) is 16.8 Å². The van der Waals surface area contributed by atoms with E-state index in [1.54, 1.807) is 23.3 Å². The van der Waals surface area contributed by atoms with Crippen molar-refractivity contribution in [3.05, 3.63) is 65.9 Å². The van der Waals surface area contributed by atoms with Crippen molar-refractivity contribution in [2.75, 3.05) is 5.32 Å². The molecular formula is C19H20N5NaO2. The summed E-state index contributed by atoms with van der Waals surface area (Å²) in [5, 5.41) is 12.8. The Balaban J connectivity index is 0.00000210. The molecule has 0 saturated heterocycles. The van der Waals surface area contributed by atoms with Crippen molar-refractivity contribution >= 4 is 41.3 Å². The van der Waals surface area contributed by atoms with Crippen molar-refractivity contribution in [1.82, 2.24) is 19.5 Å². The van der Waals surface area contributed by atoms with E-state index in [1.807, 2.05) is 30.3 Å². The standard InChI is InChI=1S/C19H19N5O2.Na.H/c25-18(26)14-6-7-16-15(10-14)17(21-11-13-4-2-1-3-5-13)23-19(22-16)24-9-8-20-12-24;;/h1-5,8-9,12,14H,6-7,10-11H2,(H,25,26)(H,21,22,23);;. The molecule has 0 spiro atoms. The van der Waals surface area contributed by atoms with Gasteiger partial charge in [-0.2, -0.15) is 4.98 Å². The maximum absolute atomic E-state index is 11.4. The van der Waals surface area contributed by atoms with Crippen LogP contribution in [-0.4, -0.2) is 60.2 Å². The predicted molar refractivity (Wildman–Crippen MR) is 103 cm³/mol. The number of aromatic nitrogens is 4. The molecule has 7 nitrogen and oxygen atoms in total. The Kier molecular flexibility index (Phi) is 6.26. The van der Waals surface area contributed by atoms with Gasteiger partial charge >= 0.3 is 35.5 Å². The number of carboxylic acid groups (broad SMARTS) is 1. The van der Waals surface area contributed by atoms with Gasteiger partial charge in [0.05, 0.1) is 11.6 Å². The van der Waals surface area contributed by atoms with Gasteiger partial charge in [0.1, 0.15) is 12.1 Å². The normalized spacial score (nSPS) is 15.5. The Hall–Kier alpha value is -2.22. The molecule has 8 heteroatoms. The molecular weight excluding hydrogens is 353 g/mol. The Morgan fingerprint density at radius 2 is 2.07 bits per heavy atom. The number of carboxylic acids is 1. The van der Waals surface area contributed by atoms with E-state index >= 15 is 0 Å². The molecule has 1 aliphatic rings. The second-order valence-electron chi connectivity index (χ2n) is 6.38. The van der Waals surface area contributed by atoms with Crippen LogP contribution in [0.25, 0.3) is 5.95 Å². The molecule has 3 aromatic rings. The van der Waals surface area contributed by atoms with Crippen molar-refractivity contribution in [3.8, 4) is 5.95 Å². The van der Waals surface area contributed by atoms with Gasteiger partial charge in [-0.05, 0) is 24.8 Å². The number of hydrogen-bond acceptors (Lipinski definition) is 5. The molecule has 4 rings (SSSR count). The zero-order chi connectivity index (χ0) is 17.9. The molecule has 2 heterocycles. The van der Waals surface area contributed by atoms with Crippen LogP contribution in [0.5, 0.6) is 0 Å². The Morgan fingerprint density at radius 1 is 1.26 bits per heavy atom. The number of nitrogens with one attached hydrogen (secondary N) is 1. The molecule has 2 N–H and O–H groups in total. The van der Waals surface area contributed by atoms with Crippen LogP contribution in [0, 0.1) is 5.92 Å². The number of hydrogen-bond donors (Lipinski definition) is 2. The van der Waals surface area contributed by atoms with Crippen LogP contribution in [0.3, 0.4) is 0 Å². The first-order chi connectivity index (χ1) is 12.7. The van der Waals surface area contributed by atoms with Crippen LogP contribution in [0.15, 0.2) is 49.1 Å². The van der Waals surface area contributed by atoms with Gasteiger partial charge in [-0.3, -0.25) is 9.36 Å². The average molecular weight is 373 g/mol. The van der Waals surface area contributed by atoms with Crippen LogP contribution >= 0.6 is 0 Å². The molecule has 0 radical (unpaired) electrons. The van der Waals surface area contributed by atoms with Gasteiger partial charge in [0, 0.05) is 24.5 Å². The van der Waals surface area contributed by atoms with E-state index < -0.39 is 5.97 Å². The third-order valence-corrected chi connectivity index (χ3v) is 4.65. The molecule has 0 aliphatic heterocycles. The number of imidazole rings is 1. The molecule has 134 valence electrons. The zero-order valence-electron chi connectivity index (χ0n) is 14.2. The molecule has 0 bridgehead atoms. The van der Waals surface area contributed by atoms with Crippen LogP contribution in [0.4, 0.5) is 5.82 Å². The minimum atomic E-state index is -0.761. The number of aliphatic carboxylic acids is 1. The average Bonchev–Trinajstić information content (AvgIpc) is 3.21. The van der Waals surface area contributed by atoms with E-state index in [1.165, 1.54) is 0 Å². The number of anilines is 1. The van der Waals surface area contributed by atoms with Crippen LogP contribution in [0.2, 0.25) is 0 Å². The van der Waals surface area contributed by atoms with Crippen molar-refractivity contribution in [2.24, 2.45) is 5.92 Å². The number of nitrogens with zero attached hydrogens (tertiary/aromatic N) is 4. The van der Waals surface area contributed by atoms with Gasteiger partial charge in [0.2, 0.25) is 5.95 Å². The fourth-order valence-electron chi connectivity index (χ4n) is 3.23. The van der Waals surface area contributed by atoms with E-state index in [-0.39, 0.29) is 35.5 Å². The summed E-state index contributed by atoms with van der Waals surface area (Å²) in [6.07, 6.45) is 6.82. The summed E-state index contributed by atoms with van der Waals surface area (Å²) in [7, 11) is 0. The van der Waals surface area contributed by atoms with E-state index in [2.05, 4.69) is 20.3 Å². The quantitative estimate of drug-likeness (QED) is 0.663. The van der Waals surface area contributed by atoms with E-state index in [0.29, 0.717) is 37.6 Å². The third kappa shape index (κ3) is 4.37. The third-order valence-electron chi connectivity index (χ3n) is 4.65. The summed E-state index contributed by atoms with van der Waals surface area (Å²) in [6.45, 7) is 0.616. The first-order valence-corrected chi connectivity index (χ1v) is 8.59. The van der Waals surface area contributed by atoms with E-state index in [4.69, 9.17) is 0 Å². The summed E-state index contributed by atoms with van der Waals surface area (Å²) < 4.78 is 1.76. The van der Waals surface area contributed by atoms with Crippen molar-refractivity contribution in [1.29, 1.82) is 0 Å². The van der Waals surface area contributed by atoms with Crippen molar-refractivity contribution < 1.29 is 9.90 Å². The fourth-order valence-corrected chi connectivity index (χ4v) is 3.23. The van der Waals surface area contributed by atoms with Crippen LogP contribution in [0.1, 0.15) is 23.2 Å². The second-order valence-corrected chi connectivity index (χ2v) is 6.38. The number of benzene rings is 1. The number of fused-ring (bicyclic) bond motifs is 1. The molecule has 1 atom stereocenters. The summed E-state index contributed by atoms with van der Waals surface area (Å²) in [5.41, 5.74) is 2.95. The molecule has 0 fully saturated rings. The Morgan fingerprint density at radius 3 is 2.78 bits per heavy atom. The summed E-state index contributed by atoms with van der Waals surface area (Å²) in [5.74, 6) is 0.102. The number of rotatable bonds is 5. The monoisotopic (exact) mass is 373 g/mol. The summed E-state index contributed by atoms with van der Waals surface area (Å²) in [6, 6.07) is 10.0. The fraction of sp³-hybridized carbons (Fsp3) is 0.263. The molecule has 0 saturated carbocycles. The summed E-state index contributed by atoms with van der Waals surface area (Å²) >= 11 is 0. The van der Waals surface area contributed by atoms with Crippen molar-refractivity contribution in [3.63, 3.8) is 0 Å². The molecule has 1 aliphatic carbocycles. The first kappa shape index (κ1) is 19.5. The van der Waals surface area contributed by atoms with Gasteiger partial charge in [0.25, 0.3) is 0 Å². The van der Waals surface area contributed by atoms with Gasteiger partial charge < -0.3 is 10.4 Å². The zero-order valence-corrected chi connectivity index (χ0v) is 14.2. The molecule has 2 aromatic heterocycles. The van der Waals surface area contributed by atoms with Crippen LogP contribution in [-0.2, 0) is 24.2 Å². The molecule has 1 unspecified atom stereocenters. The van der Waals surface area contributed by atoms with E-state index in [9.17, 15) is 9.90 Å². The summed E-state index contributed by atoms with van der Waals surface area (Å²) in [4.78, 5) is 24.8. The maximum atomic E-state index is 11.4. The van der Waals surface area contributed by atoms with Gasteiger partial charge in [-0.25, -0.2) is 9.97 Å². The topological polar surface area (TPSA) is 92.9 Å². The number of aryl methyl sites for hydroxylation is 1. The predicted octanol–water partition coefficient (Wildman–Crippen LogP) is 1.82. The molecule has 1 aromatic carbocycles. The molecule has 27 heavy (non-hydrogen) atoms. The SMILES string of the molecule is O=C(O)C1CCc2nc(-n3ccnc3)nc(NCc3ccccc3)c2C1.[NaH]. The second kappa shape index (κ2) is 8.65. The number of carbonyl (C=O) groups is 1. The van der Waals surface area contributed by atoms with Crippen molar-refractivity contribution in [2.45, 2.75) is 25.8 Å². The van der Waals surface area contributed by atoms with Gasteiger partial charge in [-0.15, -0.1) is 0 Å². The Labute approximate surface area is 179 Å². The molecule has 0 amide bonds. The van der Waals surface area contributed by atoms with Gasteiger partial charge in [-0.1, -0.05) is 30.3 Å². The van der Waals surface area contributed by atoms with Gasteiger partial charge in [0.15, 0.2) is 0 Å². The first-order valence-electron chi connectivity index (χ1n) is 8.59. The van der Waals surface area contributed by atoms with Crippen LogP contribution < -0.4 is 5.32 Å². The minimum absolute atomic E-state index is 0.